The highest BCUT2D eigenvalue weighted by Crippen LogP contribution is 2.33. The topological polar surface area (TPSA) is 41.9 Å². The number of ether oxygens (including phenoxy) is 1. The number of benzene rings is 2. The van der Waals surface area contributed by atoms with Gasteiger partial charge >= 0.3 is 6.18 Å². The van der Waals surface area contributed by atoms with Crippen LogP contribution in [0.15, 0.2) is 59.2 Å². The summed E-state index contributed by atoms with van der Waals surface area (Å²) in [5.41, 5.74) is -0.989. The molecule has 0 bridgehead atoms. The molecule has 26 heavy (non-hydrogen) atoms. The molecule has 0 radical (unpaired) electrons. The van der Waals surface area contributed by atoms with Crippen molar-refractivity contribution in [2.75, 3.05) is 12.1 Å². The lowest BCUT2D eigenvalue weighted by Crippen LogP contribution is -2.25. The van der Waals surface area contributed by atoms with Gasteiger partial charge in [0.15, 0.2) is 5.71 Å². The van der Waals surface area contributed by atoms with Crippen LogP contribution in [0.1, 0.15) is 5.56 Å². The van der Waals surface area contributed by atoms with E-state index in [1.54, 1.807) is 36.4 Å². The fourth-order valence-corrected chi connectivity index (χ4v) is 3.20. The molecule has 0 spiro atoms. The highest BCUT2D eigenvalue weighted by molar-refractivity contribution is 14.1. The molecule has 3 rings (SSSR count). The Balaban J connectivity index is 2.06. The predicted octanol–water partition coefficient (Wildman–Crippen LogP) is 4.65. The van der Waals surface area contributed by atoms with E-state index in [1.807, 2.05) is 22.6 Å². The summed E-state index contributed by atoms with van der Waals surface area (Å²) in [6, 6.07) is 12.8. The summed E-state index contributed by atoms with van der Waals surface area (Å²) in [5.74, 6) is -0.226. The zero-order chi connectivity index (χ0) is 18.9. The van der Waals surface area contributed by atoms with E-state index in [2.05, 4.69) is 5.10 Å². The van der Waals surface area contributed by atoms with Crippen LogP contribution in [0.25, 0.3) is 6.08 Å². The second-order valence-corrected chi connectivity index (χ2v) is 6.51. The summed E-state index contributed by atoms with van der Waals surface area (Å²) in [6.07, 6.45) is -3.55. The van der Waals surface area contributed by atoms with Gasteiger partial charge in [0.05, 0.1) is 21.9 Å². The number of amides is 1. The number of methoxy groups -OCH3 is 1. The third kappa shape index (κ3) is 3.59. The van der Waals surface area contributed by atoms with Crippen LogP contribution in [0.3, 0.4) is 0 Å². The van der Waals surface area contributed by atoms with Crippen molar-refractivity contribution in [1.82, 2.24) is 0 Å². The number of rotatable bonds is 3. The highest BCUT2D eigenvalue weighted by atomic mass is 127. The van der Waals surface area contributed by atoms with Crippen LogP contribution in [0.5, 0.6) is 5.75 Å². The number of hydrogen-bond donors (Lipinski definition) is 0. The number of nitrogens with zero attached hydrogens (tertiary/aromatic N) is 2. The first-order chi connectivity index (χ1) is 12.3. The molecule has 2 aromatic rings. The maximum absolute atomic E-state index is 13.4. The summed E-state index contributed by atoms with van der Waals surface area (Å²) < 4.78 is 46.1. The Morgan fingerprint density at radius 2 is 1.85 bits per heavy atom. The third-order valence-corrected chi connectivity index (χ3v) is 4.48. The number of anilines is 1. The first kappa shape index (κ1) is 18.4. The molecular weight excluding hydrogens is 460 g/mol. The standard InChI is InChI=1S/C18H12F3IN2O2/c1-26-15-8-7-11(10-14(15)22)9-13-16(18(19,20)21)23-24(17(13)25)12-5-3-2-4-6-12/h2-10H,1H3/b13-9-. The Hall–Kier alpha value is -2.36. The molecule has 0 N–H and O–H groups in total. The van der Waals surface area contributed by atoms with E-state index in [9.17, 15) is 18.0 Å². The van der Waals surface area contributed by atoms with Gasteiger partial charge < -0.3 is 4.74 Å². The van der Waals surface area contributed by atoms with E-state index in [-0.39, 0.29) is 5.69 Å². The molecule has 0 fully saturated rings. The van der Waals surface area contributed by atoms with E-state index in [0.717, 1.165) is 8.58 Å². The van der Waals surface area contributed by atoms with Gasteiger partial charge in [-0.05, 0) is 58.5 Å². The van der Waals surface area contributed by atoms with Gasteiger partial charge in [0.2, 0.25) is 0 Å². The van der Waals surface area contributed by atoms with Crippen LogP contribution >= 0.6 is 22.6 Å². The first-order valence-corrected chi connectivity index (χ1v) is 8.50. The van der Waals surface area contributed by atoms with Crippen molar-refractivity contribution in [1.29, 1.82) is 0 Å². The van der Waals surface area contributed by atoms with Crippen molar-refractivity contribution in [3.8, 4) is 5.75 Å². The molecule has 0 saturated heterocycles. The molecule has 134 valence electrons. The molecule has 1 heterocycles. The minimum atomic E-state index is -4.75. The van der Waals surface area contributed by atoms with Crippen LogP contribution < -0.4 is 9.75 Å². The van der Waals surface area contributed by atoms with Crippen molar-refractivity contribution in [2.45, 2.75) is 6.18 Å². The molecular formula is C18H12F3IN2O2. The summed E-state index contributed by atoms with van der Waals surface area (Å²) in [7, 11) is 1.50. The third-order valence-electron chi connectivity index (χ3n) is 3.63. The van der Waals surface area contributed by atoms with E-state index >= 15 is 0 Å². The average molecular weight is 472 g/mol. The second-order valence-electron chi connectivity index (χ2n) is 5.35. The lowest BCUT2D eigenvalue weighted by molar-refractivity contribution is -0.114. The Labute approximate surface area is 161 Å². The summed E-state index contributed by atoms with van der Waals surface area (Å²) in [6.45, 7) is 0. The molecule has 0 unspecified atom stereocenters. The number of halogens is 4. The molecule has 0 atom stereocenters. The summed E-state index contributed by atoms with van der Waals surface area (Å²) in [5, 5.41) is 4.29. The Bertz CT molecular complexity index is 908. The smallest absolute Gasteiger partial charge is 0.435 e. The van der Waals surface area contributed by atoms with E-state index in [4.69, 9.17) is 4.74 Å². The maximum atomic E-state index is 13.4. The Morgan fingerprint density at radius 1 is 1.15 bits per heavy atom. The largest absolute Gasteiger partial charge is 0.496 e. The molecule has 0 saturated carbocycles. The second kappa shape index (κ2) is 7.10. The molecule has 2 aromatic carbocycles. The molecule has 1 amide bonds. The van der Waals surface area contributed by atoms with E-state index < -0.39 is 23.4 Å². The first-order valence-electron chi connectivity index (χ1n) is 7.42. The predicted molar refractivity (Wildman–Crippen MR) is 101 cm³/mol. The quantitative estimate of drug-likeness (QED) is 0.483. The van der Waals surface area contributed by atoms with Gasteiger partial charge in [0, 0.05) is 0 Å². The van der Waals surface area contributed by atoms with Gasteiger partial charge in [-0.25, -0.2) is 0 Å². The van der Waals surface area contributed by atoms with Crippen molar-refractivity contribution in [3.05, 3.63) is 63.2 Å². The van der Waals surface area contributed by atoms with Crippen molar-refractivity contribution in [2.24, 2.45) is 5.10 Å². The van der Waals surface area contributed by atoms with Gasteiger partial charge in [-0.1, -0.05) is 24.3 Å². The SMILES string of the molecule is COc1ccc(/C=C2\C(=O)N(c3ccccc3)N=C2C(F)(F)F)cc1I. The number of carbonyl (C=O) groups is 1. The van der Waals surface area contributed by atoms with Crippen LogP contribution in [0.4, 0.5) is 18.9 Å². The number of hydrazone groups is 1. The molecule has 4 nitrogen and oxygen atoms in total. The van der Waals surface area contributed by atoms with Crippen molar-refractivity contribution >= 4 is 46.0 Å². The summed E-state index contributed by atoms with van der Waals surface area (Å²) in [4.78, 5) is 12.6. The van der Waals surface area contributed by atoms with E-state index in [1.165, 1.54) is 25.3 Å². The van der Waals surface area contributed by atoms with E-state index in [0.29, 0.717) is 11.3 Å². The molecule has 0 aromatic heterocycles. The lowest BCUT2D eigenvalue weighted by atomic mass is 10.1. The monoisotopic (exact) mass is 472 g/mol. The zero-order valence-electron chi connectivity index (χ0n) is 13.4. The van der Waals surface area contributed by atoms with Gasteiger partial charge in [-0.2, -0.15) is 23.3 Å². The Kier molecular flexibility index (Phi) is 5.03. The van der Waals surface area contributed by atoms with Crippen LogP contribution in [0.2, 0.25) is 0 Å². The number of hydrogen-bond acceptors (Lipinski definition) is 3. The van der Waals surface area contributed by atoms with Crippen LogP contribution in [-0.4, -0.2) is 24.9 Å². The highest BCUT2D eigenvalue weighted by Gasteiger charge is 2.46. The fourth-order valence-electron chi connectivity index (χ4n) is 2.44. The number of para-hydroxylation sites is 1. The maximum Gasteiger partial charge on any atom is 0.435 e. The normalized spacial score (nSPS) is 16.2. The number of carbonyl (C=O) groups excluding carboxylic acids is 1. The minimum absolute atomic E-state index is 0.270. The molecule has 8 heteroatoms. The van der Waals surface area contributed by atoms with Crippen LogP contribution in [0, 0.1) is 3.57 Å². The summed E-state index contributed by atoms with van der Waals surface area (Å²) >= 11 is 2.01. The minimum Gasteiger partial charge on any atom is -0.496 e. The van der Waals surface area contributed by atoms with Gasteiger partial charge in [-0.15, -0.1) is 0 Å². The zero-order valence-corrected chi connectivity index (χ0v) is 15.6. The van der Waals surface area contributed by atoms with Gasteiger partial charge in [0.25, 0.3) is 5.91 Å². The Morgan fingerprint density at radius 3 is 2.42 bits per heavy atom. The molecule has 1 aliphatic rings. The fraction of sp³-hybridized carbons (Fsp3) is 0.111. The molecule has 1 aliphatic heterocycles. The number of alkyl halides is 3. The lowest BCUT2D eigenvalue weighted by Gasteiger charge is -2.11. The van der Waals surface area contributed by atoms with Crippen molar-refractivity contribution < 1.29 is 22.7 Å². The van der Waals surface area contributed by atoms with Crippen LogP contribution in [-0.2, 0) is 4.79 Å². The van der Waals surface area contributed by atoms with Crippen molar-refractivity contribution in [3.63, 3.8) is 0 Å². The molecule has 0 aliphatic carbocycles. The van der Waals surface area contributed by atoms with Gasteiger partial charge in [0.1, 0.15) is 5.75 Å². The van der Waals surface area contributed by atoms with Gasteiger partial charge in [-0.3, -0.25) is 4.79 Å². The average Bonchev–Trinajstić information content (AvgIpc) is 2.93.